The van der Waals surface area contributed by atoms with Crippen LogP contribution in [0.4, 0.5) is 5.69 Å². The van der Waals surface area contributed by atoms with E-state index in [-0.39, 0.29) is 35.8 Å². The molecule has 4 amide bonds. The molecule has 0 aliphatic carbocycles. The lowest BCUT2D eigenvalue weighted by molar-refractivity contribution is -0.167. The van der Waals surface area contributed by atoms with Crippen molar-refractivity contribution in [3.63, 3.8) is 0 Å². The second-order valence-corrected chi connectivity index (χ2v) is 11.0. The van der Waals surface area contributed by atoms with E-state index in [9.17, 15) is 24.0 Å². The number of hydrogen-bond donors (Lipinski definition) is 1. The second-order valence-electron chi connectivity index (χ2n) is 11.0. The number of likely N-dealkylation sites (tertiary alicyclic amines) is 1. The van der Waals surface area contributed by atoms with E-state index >= 15 is 0 Å². The Morgan fingerprint density at radius 1 is 1.11 bits per heavy atom. The highest BCUT2D eigenvalue weighted by Crippen LogP contribution is 2.33. The average Bonchev–Trinajstić information content (AvgIpc) is 3.05. The minimum Gasteiger partial charge on any atom is -0.460 e. The Kier molecular flexibility index (Phi) is 7.68. The third kappa shape index (κ3) is 5.53. The van der Waals surface area contributed by atoms with Crippen LogP contribution in [0.2, 0.25) is 0 Å². The predicted octanol–water partition coefficient (Wildman–Crippen LogP) is 1.97. The molecule has 0 bridgehead atoms. The van der Waals surface area contributed by atoms with Crippen molar-refractivity contribution in [2.45, 2.75) is 71.1 Å². The number of amides is 4. The Balaban J connectivity index is 1.37. The van der Waals surface area contributed by atoms with E-state index in [0.29, 0.717) is 12.5 Å². The molecule has 0 radical (unpaired) electrons. The van der Waals surface area contributed by atoms with Crippen LogP contribution in [0.3, 0.4) is 0 Å². The first kappa shape index (κ1) is 26.8. The van der Waals surface area contributed by atoms with Gasteiger partial charge in [-0.2, -0.15) is 0 Å². The number of hydrogen-bond acceptors (Lipinski definition) is 8. The number of carbonyl (C=O) groups excluding carboxylic acids is 5. The molecule has 3 aliphatic rings. The molecule has 0 spiro atoms. The van der Waals surface area contributed by atoms with Crippen molar-refractivity contribution in [3.05, 3.63) is 29.3 Å². The molecule has 1 N–H and O–H groups in total. The summed E-state index contributed by atoms with van der Waals surface area (Å²) < 4.78 is 5.50. The maximum Gasteiger partial charge on any atom is 0.312 e. The SMILES string of the molecule is CCCC(C(=O)NC=O)N1C(=O)c2ccc(N3CCC(N4CC(C(=O)OC(C)(C)C)C4)CC3)cc2C1=O. The monoisotopic (exact) mass is 512 g/mol. The number of carbonyl (C=O) groups is 5. The molecule has 37 heavy (non-hydrogen) atoms. The van der Waals surface area contributed by atoms with Crippen molar-refractivity contribution < 1.29 is 28.7 Å². The number of imide groups is 2. The maximum atomic E-state index is 13.2. The highest BCUT2D eigenvalue weighted by Gasteiger charge is 2.43. The first-order valence-corrected chi connectivity index (χ1v) is 13.0. The Hall–Kier alpha value is -3.27. The van der Waals surface area contributed by atoms with E-state index < -0.39 is 29.4 Å². The van der Waals surface area contributed by atoms with E-state index in [1.165, 1.54) is 0 Å². The molecule has 1 unspecified atom stereocenters. The zero-order valence-electron chi connectivity index (χ0n) is 22.0. The molecule has 3 heterocycles. The molecule has 1 atom stereocenters. The third-order valence-electron chi connectivity index (χ3n) is 7.28. The highest BCUT2D eigenvalue weighted by molar-refractivity contribution is 6.23. The van der Waals surface area contributed by atoms with Gasteiger partial charge in [0.15, 0.2) is 0 Å². The Bertz CT molecular complexity index is 1080. The Labute approximate surface area is 217 Å². The van der Waals surface area contributed by atoms with Gasteiger partial charge in [-0.25, -0.2) is 0 Å². The quantitative estimate of drug-likeness (QED) is 0.319. The van der Waals surface area contributed by atoms with E-state index in [1.54, 1.807) is 12.1 Å². The van der Waals surface area contributed by atoms with Gasteiger partial charge in [0.25, 0.3) is 11.8 Å². The van der Waals surface area contributed by atoms with Crippen LogP contribution in [0.15, 0.2) is 18.2 Å². The first-order valence-electron chi connectivity index (χ1n) is 13.0. The summed E-state index contributed by atoms with van der Waals surface area (Å²) in [7, 11) is 0. The van der Waals surface area contributed by atoms with Gasteiger partial charge in [0, 0.05) is 37.9 Å². The highest BCUT2D eigenvalue weighted by atomic mass is 16.6. The molecule has 2 saturated heterocycles. The van der Waals surface area contributed by atoms with Crippen LogP contribution >= 0.6 is 0 Å². The number of fused-ring (bicyclic) bond motifs is 1. The molecule has 1 aromatic rings. The standard InChI is InChI=1S/C27H36N4O6/c1-5-6-22(23(33)28-16-32)31-24(34)20-8-7-19(13-21(20)25(31)35)29-11-9-18(10-12-29)30-14-17(15-30)26(36)37-27(2,3)4/h7-8,13,16-18,22H,5-6,9-12,14-15H2,1-4H3,(H,28,32,33). The summed E-state index contributed by atoms with van der Waals surface area (Å²) in [5.74, 6) is -1.87. The number of benzene rings is 1. The van der Waals surface area contributed by atoms with Crippen LogP contribution in [0.1, 0.15) is 74.1 Å². The number of ether oxygens (including phenoxy) is 1. The van der Waals surface area contributed by atoms with Gasteiger partial charge in [-0.1, -0.05) is 13.3 Å². The largest absolute Gasteiger partial charge is 0.460 e. The average molecular weight is 513 g/mol. The van der Waals surface area contributed by atoms with Crippen LogP contribution in [-0.4, -0.2) is 83.8 Å². The van der Waals surface area contributed by atoms with Gasteiger partial charge in [-0.15, -0.1) is 0 Å². The summed E-state index contributed by atoms with van der Waals surface area (Å²) >= 11 is 0. The van der Waals surface area contributed by atoms with E-state index in [2.05, 4.69) is 15.1 Å². The fourth-order valence-electron chi connectivity index (χ4n) is 5.37. The fraction of sp³-hybridized carbons (Fsp3) is 0.593. The van der Waals surface area contributed by atoms with Crippen molar-refractivity contribution >= 4 is 35.8 Å². The lowest BCUT2D eigenvalue weighted by atomic mass is 9.93. The third-order valence-corrected chi connectivity index (χ3v) is 7.28. The van der Waals surface area contributed by atoms with E-state index in [1.807, 2.05) is 33.8 Å². The topological polar surface area (TPSA) is 116 Å². The molecular weight excluding hydrogens is 476 g/mol. The molecule has 10 heteroatoms. The van der Waals surface area contributed by atoms with Crippen LogP contribution in [0.5, 0.6) is 0 Å². The summed E-state index contributed by atoms with van der Waals surface area (Å²) in [6.45, 7) is 10.5. The molecule has 200 valence electrons. The zero-order chi connectivity index (χ0) is 26.9. The van der Waals surface area contributed by atoms with Crippen LogP contribution in [-0.2, 0) is 19.1 Å². The van der Waals surface area contributed by atoms with E-state index in [4.69, 9.17) is 4.74 Å². The van der Waals surface area contributed by atoms with Crippen molar-refractivity contribution in [1.82, 2.24) is 15.1 Å². The molecule has 3 aliphatic heterocycles. The maximum absolute atomic E-state index is 13.2. The van der Waals surface area contributed by atoms with Crippen LogP contribution in [0, 0.1) is 5.92 Å². The van der Waals surface area contributed by atoms with Gasteiger partial charge in [-0.3, -0.25) is 39.1 Å². The molecule has 0 aromatic heterocycles. The Morgan fingerprint density at radius 3 is 2.35 bits per heavy atom. The molecule has 10 nitrogen and oxygen atoms in total. The minimum absolute atomic E-state index is 0.0643. The lowest BCUT2D eigenvalue weighted by Gasteiger charge is -2.47. The molecule has 4 rings (SSSR count). The smallest absolute Gasteiger partial charge is 0.312 e. The lowest BCUT2D eigenvalue weighted by Crippen LogP contribution is -2.58. The number of esters is 1. The summed E-state index contributed by atoms with van der Waals surface area (Å²) in [5, 5.41) is 2.08. The van der Waals surface area contributed by atoms with Crippen molar-refractivity contribution in [3.8, 4) is 0 Å². The first-order chi connectivity index (χ1) is 17.5. The number of nitrogens with zero attached hydrogens (tertiary/aromatic N) is 3. The zero-order valence-corrected chi connectivity index (χ0v) is 22.0. The second kappa shape index (κ2) is 10.6. The normalized spacial score (nSPS) is 19.9. The van der Waals surface area contributed by atoms with Crippen LogP contribution < -0.4 is 10.2 Å². The number of nitrogens with one attached hydrogen (secondary N) is 1. The summed E-state index contributed by atoms with van der Waals surface area (Å²) in [6.07, 6.45) is 2.97. The van der Waals surface area contributed by atoms with Gasteiger partial charge in [0.05, 0.1) is 17.0 Å². The van der Waals surface area contributed by atoms with Crippen molar-refractivity contribution in [1.29, 1.82) is 0 Å². The summed E-state index contributed by atoms with van der Waals surface area (Å²) in [5.41, 5.74) is 0.949. The minimum atomic E-state index is -1.03. The molecule has 0 saturated carbocycles. The fourth-order valence-corrected chi connectivity index (χ4v) is 5.37. The Morgan fingerprint density at radius 2 is 1.76 bits per heavy atom. The van der Waals surface area contributed by atoms with Gasteiger partial charge in [0.1, 0.15) is 11.6 Å². The number of anilines is 1. The van der Waals surface area contributed by atoms with Crippen molar-refractivity contribution in [2.24, 2.45) is 5.92 Å². The van der Waals surface area contributed by atoms with Gasteiger partial charge in [-0.05, 0) is 58.2 Å². The molecular formula is C27H36N4O6. The summed E-state index contributed by atoms with van der Waals surface area (Å²) in [6, 6.07) is 4.60. The van der Waals surface area contributed by atoms with Gasteiger partial charge < -0.3 is 9.64 Å². The number of piperidine rings is 1. The molecule has 1 aromatic carbocycles. The van der Waals surface area contributed by atoms with Crippen molar-refractivity contribution in [2.75, 3.05) is 31.1 Å². The molecule has 2 fully saturated rings. The van der Waals surface area contributed by atoms with E-state index in [0.717, 1.165) is 49.6 Å². The predicted molar refractivity (Wildman–Crippen MR) is 136 cm³/mol. The van der Waals surface area contributed by atoms with Crippen LogP contribution in [0.25, 0.3) is 0 Å². The summed E-state index contributed by atoms with van der Waals surface area (Å²) in [4.78, 5) is 67.2. The van der Waals surface area contributed by atoms with Gasteiger partial charge in [0.2, 0.25) is 12.3 Å². The number of rotatable bonds is 8. The van der Waals surface area contributed by atoms with Gasteiger partial charge >= 0.3 is 5.97 Å².